The van der Waals surface area contributed by atoms with Crippen molar-refractivity contribution in [1.29, 1.82) is 0 Å². The van der Waals surface area contributed by atoms with Crippen LogP contribution in [0, 0.1) is 0 Å². The van der Waals surface area contributed by atoms with Crippen molar-refractivity contribution in [2.24, 2.45) is 10.7 Å². The molecule has 0 aliphatic rings. The number of rotatable bonds is 2. The Hall–Kier alpha value is -1.33. The SMILES string of the molecule is CC(C)(C)NC(N)=NCc1nc2cc(Cl)ccc2s1. The molecule has 0 saturated heterocycles. The molecule has 0 aliphatic carbocycles. The Bertz CT molecular complexity index is 613. The van der Waals surface area contributed by atoms with E-state index in [4.69, 9.17) is 17.3 Å². The fourth-order valence-corrected chi connectivity index (χ4v) is 2.63. The van der Waals surface area contributed by atoms with Gasteiger partial charge in [0.15, 0.2) is 5.96 Å². The van der Waals surface area contributed by atoms with Gasteiger partial charge in [0.1, 0.15) is 5.01 Å². The van der Waals surface area contributed by atoms with E-state index in [9.17, 15) is 0 Å². The summed E-state index contributed by atoms with van der Waals surface area (Å²) in [5.41, 5.74) is 6.64. The summed E-state index contributed by atoms with van der Waals surface area (Å²) in [6.45, 7) is 6.59. The Morgan fingerprint density at radius 1 is 1.47 bits per heavy atom. The van der Waals surface area contributed by atoms with Crippen LogP contribution in [-0.2, 0) is 6.54 Å². The number of hydrogen-bond donors (Lipinski definition) is 2. The van der Waals surface area contributed by atoms with E-state index in [-0.39, 0.29) is 5.54 Å². The predicted molar refractivity (Wildman–Crippen MR) is 82.8 cm³/mol. The molecular weight excluding hydrogens is 280 g/mol. The standard InChI is InChI=1S/C13H17ClN4S/c1-13(2,3)18-12(15)16-7-11-17-9-6-8(14)4-5-10(9)19-11/h4-6H,7H2,1-3H3,(H3,15,16,18). The van der Waals surface area contributed by atoms with Gasteiger partial charge in [0.05, 0.1) is 16.8 Å². The number of hydrogen-bond acceptors (Lipinski definition) is 3. The quantitative estimate of drug-likeness (QED) is 0.661. The number of guanidine groups is 1. The third-order valence-corrected chi connectivity index (χ3v) is 3.54. The van der Waals surface area contributed by atoms with E-state index in [1.54, 1.807) is 11.3 Å². The van der Waals surface area contributed by atoms with Crippen LogP contribution in [0.2, 0.25) is 5.02 Å². The second kappa shape index (κ2) is 5.35. The molecule has 2 aromatic rings. The maximum atomic E-state index is 5.94. The number of benzene rings is 1. The van der Waals surface area contributed by atoms with Crippen LogP contribution in [0.5, 0.6) is 0 Å². The zero-order valence-corrected chi connectivity index (χ0v) is 12.8. The van der Waals surface area contributed by atoms with E-state index in [2.05, 4.69) is 15.3 Å². The summed E-state index contributed by atoms with van der Waals surface area (Å²) >= 11 is 7.54. The molecule has 0 aliphatic heterocycles. The molecule has 0 atom stereocenters. The van der Waals surface area contributed by atoms with Crippen LogP contribution < -0.4 is 11.1 Å². The fraction of sp³-hybridized carbons (Fsp3) is 0.385. The minimum atomic E-state index is -0.0886. The lowest BCUT2D eigenvalue weighted by Gasteiger charge is -2.20. The van der Waals surface area contributed by atoms with Gasteiger partial charge in [-0.1, -0.05) is 11.6 Å². The van der Waals surface area contributed by atoms with Gasteiger partial charge in [0.2, 0.25) is 0 Å². The molecule has 4 nitrogen and oxygen atoms in total. The predicted octanol–water partition coefficient (Wildman–Crippen LogP) is 3.15. The van der Waals surface area contributed by atoms with Crippen LogP contribution in [0.1, 0.15) is 25.8 Å². The van der Waals surface area contributed by atoms with Crippen molar-refractivity contribution in [2.75, 3.05) is 0 Å². The molecule has 0 radical (unpaired) electrons. The van der Waals surface area contributed by atoms with E-state index < -0.39 is 0 Å². The minimum Gasteiger partial charge on any atom is -0.370 e. The van der Waals surface area contributed by atoms with Gasteiger partial charge < -0.3 is 11.1 Å². The molecular formula is C13H17ClN4S. The highest BCUT2D eigenvalue weighted by Gasteiger charge is 2.10. The molecule has 0 spiro atoms. The Morgan fingerprint density at radius 2 is 2.21 bits per heavy atom. The summed E-state index contributed by atoms with van der Waals surface area (Å²) in [5, 5.41) is 4.74. The summed E-state index contributed by atoms with van der Waals surface area (Å²) < 4.78 is 1.11. The number of aliphatic imine (C=N–C) groups is 1. The number of nitrogens with two attached hydrogens (primary N) is 1. The average Bonchev–Trinajstić information content (AvgIpc) is 2.66. The Morgan fingerprint density at radius 3 is 2.89 bits per heavy atom. The number of thiazole rings is 1. The molecule has 2 rings (SSSR count). The first kappa shape index (κ1) is 14.1. The summed E-state index contributed by atoms with van der Waals surface area (Å²) in [5.74, 6) is 0.435. The van der Waals surface area contributed by atoms with E-state index in [0.717, 1.165) is 15.2 Å². The molecule has 1 aromatic heterocycles. The molecule has 1 aromatic carbocycles. The second-order valence-corrected chi connectivity index (χ2v) is 6.85. The van der Waals surface area contributed by atoms with Crippen LogP contribution in [-0.4, -0.2) is 16.5 Å². The zero-order valence-electron chi connectivity index (χ0n) is 11.2. The highest BCUT2D eigenvalue weighted by Crippen LogP contribution is 2.25. The highest BCUT2D eigenvalue weighted by atomic mass is 35.5. The largest absolute Gasteiger partial charge is 0.370 e. The smallest absolute Gasteiger partial charge is 0.189 e. The normalized spacial score (nSPS) is 12.9. The van der Waals surface area contributed by atoms with Crippen molar-refractivity contribution in [1.82, 2.24) is 10.3 Å². The molecule has 19 heavy (non-hydrogen) atoms. The monoisotopic (exact) mass is 296 g/mol. The maximum absolute atomic E-state index is 5.94. The molecule has 0 saturated carbocycles. The Labute approximate surface area is 121 Å². The average molecular weight is 297 g/mol. The molecule has 0 fully saturated rings. The van der Waals surface area contributed by atoms with E-state index in [1.807, 2.05) is 39.0 Å². The van der Waals surface area contributed by atoms with Gasteiger partial charge >= 0.3 is 0 Å². The van der Waals surface area contributed by atoms with E-state index >= 15 is 0 Å². The van der Waals surface area contributed by atoms with Crippen LogP contribution in [0.15, 0.2) is 23.2 Å². The van der Waals surface area contributed by atoms with Crippen LogP contribution in [0.4, 0.5) is 0 Å². The molecule has 6 heteroatoms. The summed E-state index contributed by atoms with van der Waals surface area (Å²) in [6, 6.07) is 5.70. The van der Waals surface area contributed by atoms with Gasteiger partial charge in [0, 0.05) is 10.6 Å². The van der Waals surface area contributed by atoms with Gasteiger partial charge in [-0.15, -0.1) is 11.3 Å². The fourth-order valence-electron chi connectivity index (χ4n) is 1.59. The summed E-state index contributed by atoms with van der Waals surface area (Å²) in [4.78, 5) is 8.78. The van der Waals surface area contributed by atoms with Crippen LogP contribution in [0.3, 0.4) is 0 Å². The van der Waals surface area contributed by atoms with Gasteiger partial charge in [-0.25, -0.2) is 9.98 Å². The van der Waals surface area contributed by atoms with E-state index in [1.165, 1.54) is 0 Å². The summed E-state index contributed by atoms with van der Waals surface area (Å²) in [7, 11) is 0. The lowest BCUT2D eigenvalue weighted by atomic mass is 10.1. The first-order chi connectivity index (χ1) is 8.83. The van der Waals surface area contributed by atoms with Crippen molar-refractivity contribution in [3.05, 3.63) is 28.2 Å². The highest BCUT2D eigenvalue weighted by molar-refractivity contribution is 7.18. The summed E-state index contributed by atoms with van der Waals surface area (Å²) in [6.07, 6.45) is 0. The van der Waals surface area contributed by atoms with Gasteiger partial charge in [-0.05, 0) is 39.0 Å². The van der Waals surface area contributed by atoms with Crippen molar-refractivity contribution in [3.8, 4) is 0 Å². The third-order valence-electron chi connectivity index (χ3n) is 2.28. The molecule has 102 valence electrons. The van der Waals surface area contributed by atoms with Gasteiger partial charge in [-0.2, -0.15) is 0 Å². The lowest BCUT2D eigenvalue weighted by molar-refractivity contribution is 0.508. The lowest BCUT2D eigenvalue weighted by Crippen LogP contribution is -2.44. The Balaban J connectivity index is 2.11. The second-order valence-electron chi connectivity index (χ2n) is 5.30. The molecule has 3 N–H and O–H groups in total. The maximum Gasteiger partial charge on any atom is 0.189 e. The molecule has 1 heterocycles. The van der Waals surface area contributed by atoms with Crippen molar-refractivity contribution in [2.45, 2.75) is 32.9 Å². The molecule has 0 bridgehead atoms. The van der Waals surface area contributed by atoms with Crippen molar-refractivity contribution in [3.63, 3.8) is 0 Å². The number of halogens is 1. The van der Waals surface area contributed by atoms with Gasteiger partial charge in [0.25, 0.3) is 0 Å². The third kappa shape index (κ3) is 4.08. The topological polar surface area (TPSA) is 63.3 Å². The Kier molecular flexibility index (Phi) is 3.96. The number of nitrogens with zero attached hydrogens (tertiary/aromatic N) is 2. The molecule has 0 unspecified atom stereocenters. The first-order valence-electron chi connectivity index (χ1n) is 5.96. The molecule has 0 amide bonds. The van der Waals surface area contributed by atoms with Gasteiger partial charge in [-0.3, -0.25) is 0 Å². The van der Waals surface area contributed by atoms with Crippen LogP contribution in [0.25, 0.3) is 10.2 Å². The number of fused-ring (bicyclic) bond motifs is 1. The van der Waals surface area contributed by atoms with Crippen molar-refractivity contribution < 1.29 is 0 Å². The van der Waals surface area contributed by atoms with E-state index in [0.29, 0.717) is 17.5 Å². The number of aromatic nitrogens is 1. The number of nitrogens with one attached hydrogen (secondary N) is 1. The van der Waals surface area contributed by atoms with Crippen molar-refractivity contribution >= 4 is 39.1 Å². The zero-order chi connectivity index (χ0) is 14.0. The van der Waals surface area contributed by atoms with Crippen LogP contribution >= 0.6 is 22.9 Å². The minimum absolute atomic E-state index is 0.0886. The first-order valence-corrected chi connectivity index (χ1v) is 7.16.